The van der Waals surface area contributed by atoms with Crippen LogP contribution >= 0.6 is 0 Å². The number of ether oxygens (including phenoxy) is 15. The molecule has 7 fully saturated rings. The molecule has 11 heterocycles. The molecule has 0 bridgehead atoms. The van der Waals surface area contributed by atoms with Gasteiger partial charge in [0, 0.05) is 156 Å². The molecule has 5 aliphatic heterocycles. The number of aromatic nitrogens is 12. The van der Waals surface area contributed by atoms with Gasteiger partial charge in [0.1, 0.15) is 18.8 Å². The number of hydrogen-bond acceptors (Lipinski definition) is 28. The van der Waals surface area contributed by atoms with Crippen LogP contribution in [0.5, 0.6) is 0 Å². The Balaban J connectivity index is 0.000000765. The SMILES string of the molecule is CC(C)OC1CCC1.CC(C)OCC1CCC1.CC(C)OCC1CCOCC1.CC(C)OCC1CN(C)CCN1C.CC(C)OCCC1CCOCC1.CC(C)OCCN1CCN(C)CC1.CC(C)OCCc1cccnc1.CC(C)OCN1CCN(C)CC1.CC(C)OC[n+]1cnc[nH]1.CC(C)OCc1ccncc1.CC(C)OCc1cnc[nH]1.CC(C)OCc1cnc[nH]1.CC(C)OCc1ncn[nH]1. The summed E-state index contributed by atoms with van der Waals surface area (Å²) >= 11 is 0. The third kappa shape index (κ3) is 84.9. The van der Waals surface area contributed by atoms with Crippen LogP contribution in [-0.2, 0) is 111 Å². The average molecular weight is 2000 g/mol. The molecule has 0 spiro atoms. The van der Waals surface area contributed by atoms with Gasteiger partial charge >= 0.3 is 6.33 Å². The molecular weight excluding hydrogens is 1790 g/mol. The highest BCUT2D eigenvalue weighted by Gasteiger charge is 2.24. The Morgan fingerprint density at radius 2 is 0.851 bits per heavy atom. The standard InChI is InChI=1S/2C10H22N2O.C10H15NO.C10H20O2.C9H20N2O.C9H13NO.C9H18O2.C8H16O.2C7H12N2O.C7H14O.2C6H11N3O/c1-9(2)13-8-10-7-11(3)5-6-12(10)4;1-10(2)13-9-8-12-6-4-11(3)5-7-12;1-9(2)12-7-5-10-4-3-6-11-8-10;1-9(2)12-8-5-10-3-6-11-7-4-10;1-9(2)12-8-11-6-4-10(3)5-7-11;2*1-8(2)11-7-9-3-5-10-6-4-9;1-7(2)9-6-8-4-3-5-8;2*1-6(2)10-4-7-3-8-5-9-7;1-6(2)8-7-4-3-5-7;1-6(2)10-5-9-4-7-3-8-9;1-5(2)10-3-6-7-4-8-9-6/h9-10H,5-8H2,1-4H3;10H,4-9H2,1-3H3;3-4,6,8-9H,5,7H2,1-2H3;9-10H,3-8H2,1-2H3;9H,4-8H2,1-3H3;3-6,8H,7H2,1-2H3;8-9H,3-7H2,1-2H3;7-8H,3-6H2,1-2H3;2*3,5-6H,4H2,1-2H3,(H,8,9);6-7H,3-5H2,1-2H3;3-4,6H,5H2,1-2H3;4-5H,3H2,1-2H3,(H,7,8,9)/p+1. The van der Waals surface area contributed by atoms with Crippen LogP contribution in [0.25, 0.3) is 0 Å². The van der Waals surface area contributed by atoms with Crippen molar-refractivity contribution in [1.82, 2.24) is 84.6 Å². The van der Waals surface area contributed by atoms with Gasteiger partial charge in [-0.1, -0.05) is 12.5 Å². The monoisotopic (exact) mass is 2000 g/mol. The molecule has 818 valence electrons. The lowest BCUT2D eigenvalue weighted by Crippen LogP contribution is -2.52. The molecule has 6 aromatic heterocycles. The van der Waals surface area contributed by atoms with Crippen LogP contribution in [0.4, 0.5) is 0 Å². The van der Waals surface area contributed by atoms with E-state index in [-0.39, 0.29) is 24.4 Å². The van der Waals surface area contributed by atoms with Crippen LogP contribution in [0.15, 0.2) is 93.1 Å². The average Bonchev–Trinajstić information content (AvgIpc) is 1.55. The predicted octanol–water partition coefficient (Wildman–Crippen LogP) is 17.7. The fourth-order valence-corrected chi connectivity index (χ4v) is 13.0. The molecule has 0 amide bonds. The summed E-state index contributed by atoms with van der Waals surface area (Å²) in [5.41, 5.74) is 4.45. The van der Waals surface area contributed by atoms with Gasteiger partial charge in [-0.15, -0.1) is 4.68 Å². The molecule has 33 heteroatoms. The minimum absolute atomic E-state index is 0.241. The number of nitrogens with zero attached hydrogens (tertiary/aromatic N) is 14. The van der Waals surface area contributed by atoms with Gasteiger partial charge in [-0.3, -0.25) is 29.8 Å². The number of rotatable bonds is 41. The van der Waals surface area contributed by atoms with E-state index in [2.05, 4.69) is 216 Å². The Morgan fingerprint density at radius 1 is 0.390 bits per heavy atom. The second-order valence-electron chi connectivity index (χ2n) is 40.5. The van der Waals surface area contributed by atoms with Crippen LogP contribution < -0.4 is 4.68 Å². The molecule has 6 aromatic rings. The minimum Gasteiger partial charge on any atom is -0.381 e. The second kappa shape index (κ2) is 87.2. The number of likely N-dealkylation sites (N-methyl/N-ethyl adjacent to an activating group) is 4. The summed E-state index contributed by atoms with van der Waals surface area (Å²) < 4.78 is 82.9. The zero-order valence-electron chi connectivity index (χ0n) is 94.2. The summed E-state index contributed by atoms with van der Waals surface area (Å²) in [6.07, 6.45) is 38.9. The van der Waals surface area contributed by atoms with Gasteiger partial charge in [0.15, 0.2) is 0 Å². The van der Waals surface area contributed by atoms with E-state index in [1.54, 1.807) is 61.0 Å². The molecule has 1 atom stereocenters. The van der Waals surface area contributed by atoms with Crippen molar-refractivity contribution in [3.8, 4) is 0 Å². The Hall–Kier alpha value is -5.84. The van der Waals surface area contributed by atoms with Crippen LogP contribution in [-0.4, -0.2) is 356 Å². The fraction of sp³-hybridized carbons (Fsp3) is 0.815. The maximum absolute atomic E-state index is 5.63. The highest BCUT2D eigenvalue weighted by atomic mass is 16.5. The van der Waals surface area contributed by atoms with Gasteiger partial charge in [-0.05, 0) is 331 Å². The molecule has 7 aliphatic rings. The molecule has 13 rings (SSSR count). The molecule has 5 saturated heterocycles. The van der Waals surface area contributed by atoms with E-state index >= 15 is 0 Å². The maximum Gasteiger partial charge on any atom is 0.308 e. The number of imidazole rings is 2. The molecule has 0 aromatic carbocycles. The molecule has 4 N–H and O–H groups in total. The first-order valence-electron chi connectivity index (χ1n) is 53.2. The number of piperazine rings is 3. The van der Waals surface area contributed by atoms with Crippen molar-refractivity contribution in [2.45, 2.75) is 382 Å². The maximum atomic E-state index is 5.63. The van der Waals surface area contributed by atoms with Crippen LogP contribution in [0.1, 0.15) is 279 Å². The molecule has 33 nitrogen and oxygen atoms in total. The second-order valence-corrected chi connectivity index (χ2v) is 40.5. The van der Waals surface area contributed by atoms with Crippen molar-refractivity contribution in [2.75, 3.05) is 180 Å². The lowest BCUT2D eigenvalue weighted by atomic mass is 9.86. The van der Waals surface area contributed by atoms with Crippen LogP contribution in [0, 0.1) is 17.8 Å². The smallest absolute Gasteiger partial charge is 0.308 e. The fourth-order valence-electron chi connectivity index (χ4n) is 13.0. The van der Waals surface area contributed by atoms with E-state index in [0.717, 1.165) is 147 Å². The van der Waals surface area contributed by atoms with E-state index in [9.17, 15) is 0 Å². The van der Waals surface area contributed by atoms with E-state index in [0.29, 0.717) is 100 Å². The van der Waals surface area contributed by atoms with Crippen molar-refractivity contribution < 1.29 is 75.7 Å². The highest BCUT2D eigenvalue weighted by molar-refractivity contribution is 5.09. The summed E-state index contributed by atoms with van der Waals surface area (Å²) in [5, 5.41) is 9.26. The Bertz CT molecular complexity index is 3340. The highest BCUT2D eigenvalue weighted by Crippen LogP contribution is 2.27. The van der Waals surface area contributed by atoms with Crippen molar-refractivity contribution >= 4 is 0 Å². The first-order chi connectivity index (χ1) is 67.3. The zero-order chi connectivity index (χ0) is 105. The minimum atomic E-state index is 0.241. The summed E-state index contributed by atoms with van der Waals surface area (Å²) in [7, 11) is 8.71. The summed E-state index contributed by atoms with van der Waals surface area (Å²) in [4.78, 5) is 43.6. The molecule has 2 saturated carbocycles. The van der Waals surface area contributed by atoms with Gasteiger partial charge in [0.05, 0.1) is 168 Å². The Labute approximate surface area is 856 Å². The third-order valence-corrected chi connectivity index (χ3v) is 22.2. The van der Waals surface area contributed by atoms with Gasteiger partial charge in [0.25, 0.3) is 0 Å². The van der Waals surface area contributed by atoms with Crippen molar-refractivity contribution in [3.05, 3.63) is 121 Å². The topological polar surface area (TPSA) is 315 Å². The van der Waals surface area contributed by atoms with Gasteiger partial charge < -0.3 is 95.7 Å². The summed E-state index contributed by atoms with van der Waals surface area (Å²) in [6, 6.07) is 8.51. The first-order valence-corrected chi connectivity index (χ1v) is 53.2. The van der Waals surface area contributed by atoms with Gasteiger partial charge in [0.2, 0.25) is 13.1 Å². The van der Waals surface area contributed by atoms with Crippen molar-refractivity contribution in [3.63, 3.8) is 0 Å². The number of hydrogen-bond donors (Lipinski definition) is 4. The summed E-state index contributed by atoms with van der Waals surface area (Å²) in [5.74, 6) is 3.25. The van der Waals surface area contributed by atoms with Gasteiger partial charge in [-0.25, -0.2) is 15.0 Å². The number of nitrogens with one attached hydrogen (secondary N) is 4. The van der Waals surface area contributed by atoms with E-state index in [1.165, 1.54) is 134 Å². The van der Waals surface area contributed by atoms with E-state index in [4.69, 9.17) is 71.1 Å². The summed E-state index contributed by atoms with van der Waals surface area (Å²) in [6.45, 7) is 80.2. The molecule has 0 radical (unpaired) electrons. The lowest BCUT2D eigenvalue weighted by molar-refractivity contribution is -0.784. The largest absolute Gasteiger partial charge is 0.381 e. The zero-order valence-corrected chi connectivity index (χ0v) is 94.2. The quantitative estimate of drug-likeness (QED) is 0.0259. The third-order valence-electron chi connectivity index (χ3n) is 22.2. The molecule has 141 heavy (non-hydrogen) atoms. The van der Waals surface area contributed by atoms with Crippen LogP contribution in [0.2, 0.25) is 0 Å². The molecule has 1 unspecified atom stereocenters. The Morgan fingerprint density at radius 3 is 1.28 bits per heavy atom. The Kier molecular flexibility index (Phi) is 82.4. The van der Waals surface area contributed by atoms with Crippen LogP contribution in [0.3, 0.4) is 0 Å². The van der Waals surface area contributed by atoms with Gasteiger partial charge in [-0.2, -0.15) is 10.2 Å². The predicted molar refractivity (Wildman–Crippen MR) is 568 cm³/mol. The number of pyridine rings is 2. The van der Waals surface area contributed by atoms with Crippen molar-refractivity contribution in [1.29, 1.82) is 0 Å². The normalized spacial score (nSPS) is 16.9. The van der Waals surface area contributed by atoms with E-state index < -0.39 is 0 Å². The van der Waals surface area contributed by atoms with Crippen molar-refractivity contribution in [2.24, 2.45) is 17.8 Å². The molecular formula is C108H207N18O15+. The number of H-pyrrole nitrogens is 4. The lowest BCUT2D eigenvalue weighted by Gasteiger charge is -2.37. The molecule has 2 aliphatic carbocycles. The van der Waals surface area contributed by atoms with E-state index in [1.807, 2.05) is 107 Å². The first kappa shape index (κ1) is 133. The number of aromatic amines is 4.